The molecule has 2 aromatic heterocycles. The second-order valence-electron chi connectivity index (χ2n) is 8.62. The highest BCUT2D eigenvalue weighted by molar-refractivity contribution is 7.99. The molecule has 0 saturated carbocycles. The average Bonchev–Trinajstić information content (AvgIpc) is 3.31. The summed E-state index contributed by atoms with van der Waals surface area (Å²) in [6.45, 7) is 6.22. The van der Waals surface area contributed by atoms with Gasteiger partial charge in [0, 0.05) is 25.0 Å². The van der Waals surface area contributed by atoms with Crippen LogP contribution in [0.4, 0.5) is 4.39 Å². The van der Waals surface area contributed by atoms with Crippen LogP contribution in [-0.2, 0) is 4.79 Å². The summed E-state index contributed by atoms with van der Waals surface area (Å²) in [4.78, 5) is 19.0. The van der Waals surface area contributed by atoms with Gasteiger partial charge in [0.25, 0.3) is 0 Å². The van der Waals surface area contributed by atoms with Crippen LogP contribution in [0.2, 0.25) is 0 Å². The minimum absolute atomic E-state index is 0.0542. The van der Waals surface area contributed by atoms with E-state index in [9.17, 15) is 9.18 Å². The fraction of sp³-hybridized carbons (Fsp3) is 0.259. The highest BCUT2D eigenvalue weighted by Crippen LogP contribution is 2.32. The van der Waals surface area contributed by atoms with Crippen molar-refractivity contribution < 1.29 is 9.18 Å². The fourth-order valence-corrected chi connectivity index (χ4v) is 4.72. The summed E-state index contributed by atoms with van der Waals surface area (Å²) in [5, 5.41) is 9.55. The number of hydrogen-bond donors (Lipinski definition) is 0. The highest BCUT2D eigenvalue weighted by atomic mass is 32.2. The van der Waals surface area contributed by atoms with Crippen LogP contribution in [0, 0.1) is 5.82 Å². The molecule has 0 aliphatic rings. The molecule has 35 heavy (non-hydrogen) atoms. The van der Waals surface area contributed by atoms with Gasteiger partial charge in [0.1, 0.15) is 5.82 Å². The lowest BCUT2D eigenvalue weighted by atomic mass is 10.0. The van der Waals surface area contributed by atoms with Crippen molar-refractivity contribution in [3.05, 3.63) is 90.0 Å². The molecule has 0 aliphatic heterocycles. The van der Waals surface area contributed by atoms with Crippen molar-refractivity contribution in [2.75, 3.05) is 12.8 Å². The molecule has 2 aromatic carbocycles. The lowest BCUT2D eigenvalue weighted by Crippen LogP contribution is -2.31. The molecule has 2 heterocycles. The molecule has 1 amide bonds. The van der Waals surface area contributed by atoms with Gasteiger partial charge in [-0.1, -0.05) is 55.9 Å². The van der Waals surface area contributed by atoms with Crippen molar-refractivity contribution in [1.29, 1.82) is 0 Å². The van der Waals surface area contributed by atoms with Gasteiger partial charge in [-0.3, -0.25) is 14.3 Å². The Labute approximate surface area is 209 Å². The maximum absolute atomic E-state index is 13.3. The molecule has 0 N–H and O–H groups in total. The van der Waals surface area contributed by atoms with E-state index in [4.69, 9.17) is 0 Å². The molecular formula is C27H28FN5OS. The number of amides is 1. The Morgan fingerprint density at radius 1 is 1.03 bits per heavy atom. The molecule has 8 heteroatoms. The maximum Gasteiger partial charge on any atom is 0.233 e. The molecule has 6 nitrogen and oxygen atoms in total. The van der Waals surface area contributed by atoms with Gasteiger partial charge < -0.3 is 4.90 Å². The zero-order chi connectivity index (χ0) is 24.9. The molecule has 4 rings (SSSR count). The van der Waals surface area contributed by atoms with Crippen molar-refractivity contribution >= 4 is 17.7 Å². The van der Waals surface area contributed by atoms with Crippen LogP contribution in [0.3, 0.4) is 0 Å². The highest BCUT2D eigenvalue weighted by Gasteiger charge is 2.22. The van der Waals surface area contributed by atoms with Crippen LogP contribution in [0.15, 0.2) is 78.2 Å². The number of carbonyl (C=O) groups excluding carboxylic acids is 1. The van der Waals surface area contributed by atoms with Gasteiger partial charge >= 0.3 is 0 Å². The third-order valence-electron chi connectivity index (χ3n) is 6.00. The third kappa shape index (κ3) is 5.43. The van der Waals surface area contributed by atoms with Gasteiger partial charge in [-0.05, 0) is 54.3 Å². The molecule has 180 valence electrons. The molecule has 4 aromatic rings. The number of aromatic nitrogens is 4. The number of thioether (sulfide) groups is 1. The van der Waals surface area contributed by atoms with Gasteiger partial charge in [0.05, 0.1) is 17.5 Å². The van der Waals surface area contributed by atoms with Gasteiger partial charge in [-0.25, -0.2) is 4.39 Å². The van der Waals surface area contributed by atoms with E-state index in [-0.39, 0.29) is 29.4 Å². The lowest BCUT2D eigenvalue weighted by molar-refractivity contribution is -0.128. The Hall–Kier alpha value is -3.52. The summed E-state index contributed by atoms with van der Waals surface area (Å²) in [6, 6.07) is 18.0. The monoisotopic (exact) mass is 489 g/mol. The first-order valence-corrected chi connectivity index (χ1v) is 12.4. The fourth-order valence-electron chi connectivity index (χ4n) is 3.85. The minimum Gasteiger partial charge on any atom is -0.338 e. The quantitative estimate of drug-likeness (QED) is 0.288. The summed E-state index contributed by atoms with van der Waals surface area (Å²) >= 11 is 1.35. The standard InChI is InChI=1S/C27H28FN5OS/c1-18(2)23-9-5-6-10-24(23)33-26(21-8-7-15-29-16-21)30-31-27(33)35-17-25(34)32(4)19(3)20-11-13-22(28)14-12-20/h5-16,18-19H,17H2,1-4H3/t19-/m0/s1. The van der Waals surface area contributed by atoms with Crippen LogP contribution in [0.5, 0.6) is 0 Å². The molecule has 0 aliphatic carbocycles. The van der Waals surface area contributed by atoms with Crippen LogP contribution >= 0.6 is 11.8 Å². The number of nitrogens with zero attached hydrogens (tertiary/aromatic N) is 5. The summed E-state index contributed by atoms with van der Waals surface area (Å²) in [7, 11) is 1.76. The van der Waals surface area contributed by atoms with Gasteiger partial charge in [0.2, 0.25) is 5.91 Å². The number of hydrogen-bond acceptors (Lipinski definition) is 5. The smallest absolute Gasteiger partial charge is 0.233 e. The van der Waals surface area contributed by atoms with E-state index in [1.807, 2.05) is 41.8 Å². The Bertz CT molecular complexity index is 1290. The predicted octanol–water partition coefficient (Wildman–Crippen LogP) is 5.90. The number of rotatable bonds is 8. The molecular weight excluding hydrogens is 461 g/mol. The second-order valence-corrected chi connectivity index (χ2v) is 9.56. The first-order valence-electron chi connectivity index (χ1n) is 11.5. The SMILES string of the molecule is CC(C)c1ccccc1-n1c(SCC(=O)N(C)[C@@H](C)c2ccc(F)cc2)nnc1-c1cccnc1. The molecule has 0 radical (unpaired) electrons. The molecule has 0 fully saturated rings. The minimum atomic E-state index is -0.295. The number of halogens is 1. The van der Waals surface area contributed by atoms with E-state index >= 15 is 0 Å². The van der Waals surface area contributed by atoms with E-state index in [1.165, 1.54) is 23.9 Å². The molecule has 0 unspecified atom stereocenters. The van der Waals surface area contributed by atoms with Crippen molar-refractivity contribution in [3.8, 4) is 17.1 Å². The third-order valence-corrected chi connectivity index (χ3v) is 6.92. The van der Waals surface area contributed by atoms with E-state index in [0.717, 1.165) is 22.4 Å². The van der Waals surface area contributed by atoms with E-state index in [2.05, 4.69) is 35.1 Å². The van der Waals surface area contributed by atoms with Crippen LogP contribution in [0.1, 0.15) is 43.9 Å². The summed E-state index contributed by atoms with van der Waals surface area (Å²) < 4.78 is 15.3. The zero-order valence-corrected chi connectivity index (χ0v) is 21.0. The lowest BCUT2D eigenvalue weighted by Gasteiger charge is -2.25. The van der Waals surface area contributed by atoms with Crippen molar-refractivity contribution in [2.24, 2.45) is 0 Å². The van der Waals surface area contributed by atoms with Crippen LogP contribution < -0.4 is 0 Å². The Morgan fingerprint density at radius 3 is 2.46 bits per heavy atom. The van der Waals surface area contributed by atoms with Crippen molar-refractivity contribution in [2.45, 2.75) is 37.9 Å². The normalized spacial score (nSPS) is 12.1. The Balaban J connectivity index is 1.62. The molecule has 0 spiro atoms. The van der Waals surface area contributed by atoms with Crippen LogP contribution in [-0.4, -0.2) is 43.4 Å². The Morgan fingerprint density at radius 2 is 1.77 bits per heavy atom. The number of carbonyl (C=O) groups is 1. The molecule has 1 atom stereocenters. The number of para-hydroxylation sites is 1. The topological polar surface area (TPSA) is 63.9 Å². The number of benzene rings is 2. The predicted molar refractivity (Wildman–Crippen MR) is 137 cm³/mol. The van der Waals surface area contributed by atoms with Crippen LogP contribution in [0.25, 0.3) is 17.1 Å². The second kappa shape index (κ2) is 10.8. The first kappa shape index (κ1) is 24.6. The van der Waals surface area contributed by atoms with Crippen molar-refractivity contribution in [1.82, 2.24) is 24.6 Å². The van der Waals surface area contributed by atoms with E-state index in [1.54, 1.807) is 36.5 Å². The summed E-state index contributed by atoms with van der Waals surface area (Å²) in [5.74, 6) is 0.806. The molecule has 0 bridgehead atoms. The zero-order valence-electron chi connectivity index (χ0n) is 20.2. The van der Waals surface area contributed by atoms with Crippen molar-refractivity contribution in [3.63, 3.8) is 0 Å². The largest absolute Gasteiger partial charge is 0.338 e. The first-order chi connectivity index (χ1) is 16.9. The van der Waals surface area contributed by atoms with E-state index in [0.29, 0.717) is 11.0 Å². The molecule has 0 saturated heterocycles. The van der Waals surface area contributed by atoms with Gasteiger partial charge in [0.15, 0.2) is 11.0 Å². The van der Waals surface area contributed by atoms with Gasteiger partial charge in [-0.15, -0.1) is 10.2 Å². The van der Waals surface area contributed by atoms with E-state index < -0.39 is 0 Å². The summed E-state index contributed by atoms with van der Waals surface area (Å²) in [5.41, 5.74) is 3.86. The average molecular weight is 490 g/mol. The van der Waals surface area contributed by atoms with Gasteiger partial charge in [-0.2, -0.15) is 0 Å². The summed E-state index contributed by atoms with van der Waals surface area (Å²) in [6.07, 6.45) is 3.48. The number of pyridine rings is 1. The maximum atomic E-state index is 13.3. The Kier molecular flexibility index (Phi) is 7.60.